The first-order valence-electron chi connectivity index (χ1n) is 5.20. The van der Waals surface area contributed by atoms with Gasteiger partial charge in [0.25, 0.3) is 6.43 Å². The van der Waals surface area contributed by atoms with Crippen LogP contribution in [0.4, 0.5) is 8.78 Å². The van der Waals surface area contributed by atoms with Crippen molar-refractivity contribution in [3.8, 4) is 0 Å². The molecule has 0 amide bonds. The van der Waals surface area contributed by atoms with Crippen LogP contribution in [0.2, 0.25) is 0 Å². The van der Waals surface area contributed by atoms with E-state index in [1.165, 1.54) is 0 Å². The van der Waals surface area contributed by atoms with Gasteiger partial charge in [-0.2, -0.15) is 5.10 Å². The lowest BCUT2D eigenvalue weighted by molar-refractivity contribution is 0.00753. The summed E-state index contributed by atoms with van der Waals surface area (Å²) in [5.41, 5.74) is 1.75. The van der Waals surface area contributed by atoms with E-state index in [-0.39, 0.29) is 6.61 Å². The molecule has 0 aliphatic rings. The fraction of sp³-hybridized carbons (Fsp3) is 0.700. The summed E-state index contributed by atoms with van der Waals surface area (Å²) in [6.07, 6.45) is -1.63. The number of aromatic nitrogens is 2. The Morgan fingerprint density at radius 1 is 1.44 bits per heavy atom. The fourth-order valence-electron chi connectivity index (χ4n) is 1.40. The van der Waals surface area contributed by atoms with Gasteiger partial charge in [0.2, 0.25) is 0 Å². The molecule has 0 aromatic carbocycles. The SMILES string of the molecule is CCc1nn(CC)c(COCC(F)F)c1Br. The molecule has 0 saturated heterocycles. The van der Waals surface area contributed by atoms with Gasteiger partial charge >= 0.3 is 0 Å². The van der Waals surface area contributed by atoms with E-state index in [1.807, 2.05) is 13.8 Å². The number of halogens is 3. The van der Waals surface area contributed by atoms with Crippen molar-refractivity contribution in [1.29, 1.82) is 0 Å². The van der Waals surface area contributed by atoms with Crippen molar-refractivity contribution in [3.05, 3.63) is 15.9 Å². The van der Waals surface area contributed by atoms with Crippen molar-refractivity contribution in [2.75, 3.05) is 6.61 Å². The van der Waals surface area contributed by atoms with Gasteiger partial charge in [0, 0.05) is 6.54 Å². The molecule has 0 fully saturated rings. The van der Waals surface area contributed by atoms with Gasteiger partial charge in [-0.3, -0.25) is 4.68 Å². The summed E-state index contributed by atoms with van der Waals surface area (Å²) in [5, 5.41) is 4.35. The third-order valence-corrected chi connectivity index (χ3v) is 3.09. The van der Waals surface area contributed by atoms with Crippen molar-refractivity contribution in [2.24, 2.45) is 0 Å². The van der Waals surface area contributed by atoms with Gasteiger partial charge in [0.1, 0.15) is 6.61 Å². The number of ether oxygens (including phenoxy) is 1. The van der Waals surface area contributed by atoms with Crippen LogP contribution in [0.5, 0.6) is 0 Å². The average Bonchev–Trinajstić information content (AvgIpc) is 2.55. The molecule has 1 heterocycles. The van der Waals surface area contributed by atoms with Gasteiger partial charge in [0.05, 0.1) is 22.5 Å². The number of rotatable bonds is 6. The second-order valence-electron chi connectivity index (χ2n) is 3.28. The maximum Gasteiger partial charge on any atom is 0.261 e. The Bertz CT molecular complexity index is 342. The second-order valence-corrected chi connectivity index (χ2v) is 4.08. The number of aryl methyl sites for hydroxylation is 2. The van der Waals surface area contributed by atoms with Crippen molar-refractivity contribution < 1.29 is 13.5 Å². The summed E-state index contributed by atoms with van der Waals surface area (Å²) in [4.78, 5) is 0. The molecule has 16 heavy (non-hydrogen) atoms. The zero-order chi connectivity index (χ0) is 12.1. The number of hydrogen-bond donors (Lipinski definition) is 0. The second kappa shape index (κ2) is 6.30. The molecule has 1 aromatic rings. The molecule has 1 aromatic heterocycles. The number of alkyl halides is 2. The minimum absolute atomic E-state index is 0.158. The highest BCUT2D eigenvalue weighted by atomic mass is 79.9. The zero-order valence-electron chi connectivity index (χ0n) is 9.34. The van der Waals surface area contributed by atoms with Gasteiger partial charge in [-0.15, -0.1) is 0 Å². The van der Waals surface area contributed by atoms with Crippen molar-refractivity contribution >= 4 is 15.9 Å². The van der Waals surface area contributed by atoms with Crippen LogP contribution in [-0.2, 0) is 24.3 Å². The Hall–Kier alpha value is -0.490. The number of nitrogens with zero attached hydrogens (tertiary/aromatic N) is 2. The highest BCUT2D eigenvalue weighted by Crippen LogP contribution is 2.23. The van der Waals surface area contributed by atoms with Crippen LogP contribution >= 0.6 is 15.9 Å². The van der Waals surface area contributed by atoms with E-state index in [4.69, 9.17) is 4.74 Å². The van der Waals surface area contributed by atoms with E-state index >= 15 is 0 Å². The monoisotopic (exact) mass is 296 g/mol. The molecule has 0 spiro atoms. The van der Waals surface area contributed by atoms with Gasteiger partial charge < -0.3 is 4.74 Å². The predicted molar refractivity (Wildman–Crippen MR) is 60.6 cm³/mol. The molecule has 0 aliphatic carbocycles. The Morgan fingerprint density at radius 3 is 2.62 bits per heavy atom. The summed E-state index contributed by atoms with van der Waals surface area (Å²) < 4.78 is 31.4. The maximum absolute atomic E-state index is 11.9. The molecular formula is C10H15BrF2N2O. The highest BCUT2D eigenvalue weighted by Gasteiger charge is 2.14. The third kappa shape index (κ3) is 3.25. The van der Waals surface area contributed by atoms with Crippen LogP contribution in [0.15, 0.2) is 4.47 Å². The third-order valence-electron chi connectivity index (χ3n) is 2.18. The Kier molecular flexibility index (Phi) is 5.34. The summed E-state index contributed by atoms with van der Waals surface area (Å²) >= 11 is 3.42. The standard InChI is InChI=1S/C10H15BrF2N2O/c1-3-7-10(11)8(15(4-2)14-7)5-16-6-9(12)13/h9H,3-6H2,1-2H3. The minimum atomic E-state index is -2.43. The van der Waals surface area contributed by atoms with Crippen LogP contribution in [0, 0.1) is 0 Å². The molecule has 0 atom stereocenters. The smallest absolute Gasteiger partial charge is 0.261 e. The number of hydrogen-bond acceptors (Lipinski definition) is 2. The molecule has 3 nitrogen and oxygen atoms in total. The predicted octanol–water partition coefficient (Wildman–Crippen LogP) is 3.01. The summed E-state index contributed by atoms with van der Waals surface area (Å²) in [6, 6.07) is 0. The molecule has 0 saturated carbocycles. The molecule has 0 unspecified atom stereocenters. The molecule has 6 heteroatoms. The van der Waals surface area contributed by atoms with E-state index in [0.29, 0.717) is 6.54 Å². The summed E-state index contributed by atoms with van der Waals surface area (Å²) in [6.45, 7) is 4.27. The van der Waals surface area contributed by atoms with Crippen molar-refractivity contribution in [3.63, 3.8) is 0 Å². The largest absolute Gasteiger partial charge is 0.369 e. The lowest BCUT2D eigenvalue weighted by atomic mass is 10.3. The van der Waals surface area contributed by atoms with Crippen molar-refractivity contribution in [1.82, 2.24) is 9.78 Å². The molecule has 0 N–H and O–H groups in total. The molecule has 0 radical (unpaired) electrons. The van der Waals surface area contributed by atoms with Gasteiger partial charge in [0.15, 0.2) is 0 Å². The maximum atomic E-state index is 11.9. The zero-order valence-corrected chi connectivity index (χ0v) is 10.9. The van der Waals surface area contributed by atoms with E-state index in [2.05, 4.69) is 21.0 Å². The minimum Gasteiger partial charge on any atom is -0.369 e. The van der Waals surface area contributed by atoms with Crippen LogP contribution in [0.3, 0.4) is 0 Å². The molecular weight excluding hydrogens is 282 g/mol. The summed E-state index contributed by atoms with van der Waals surface area (Å²) in [5.74, 6) is 0. The van der Waals surface area contributed by atoms with Crippen LogP contribution < -0.4 is 0 Å². The fourth-order valence-corrected chi connectivity index (χ4v) is 2.08. The average molecular weight is 297 g/mol. The van der Waals surface area contributed by atoms with E-state index < -0.39 is 13.0 Å². The topological polar surface area (TPSA) is 27.1 Å². The van der Waals surface area contributed by atoms with Gasteiger partial charge in [-0.1, -0.05) is 6.92 Å². The lowest BCUT2D eigenvalue weighted by Crippen LogP contribution is -2.09. The van der Waals surface area contributed by atoms with E-state index in [9.17, 15) is 8.78 Å². The normalized spacial score (nSPS) is 11.4. The molecule has 92 valence electrons. The van der Waals surface area contributed by atoms with Gasteiger partial charge in [-0.25, -0.2) is 8.78 Å². The van der Waals surface area contributed by atoms with Crippen LogP contribution in [0.25, 0.3) is 0 Å². The molecule has 0 bridgehead atoms. The Balaban J connectivity index is 2.73. The van der Waals surface area contributed by atoms with Gasteiger partial charge in [-0.05, 0) is 29.3 Å². The molecule has 1 rings (SSSR count). The first kappa shape index (κ1) is 13.6. The first-order valence-corrected chi connectivity index (χ1v) is 5.99. The molecule has 0 aliphatic heterocycles. The Labute approximate surface area is 102 Å². The van der Waals surface area contributed by atoms with E-state index in [0.717, 1.165) is 22.3 Å². The lowest BCUT2D eigenvalue weighted by Gasteiger charge is -2.06. The van der Waals surface area contributed by atoms with Crippen molar-refractivity contribution in [2.45, 2.75) is 39.8 Å². The highest BCUT2D eigenvalue weighted by molar-refractivity contribution is 9.10. The van der Waals surface area contributed by atoms with Crippen LogP contribution in [0.1, 0.15) is 25.2 Å². The van der Waals surface area contributed by atoms with Crippen LogP contribution in [-0.4, -0.2) is 22.8 Å². The first-order chi connectivity index (χ1) is 7.60. The summed E-state index contributed by atoms with van der Waals surface area (Å²) in [7, 11) is 0. The Morgan fingerprint density at radius 2 is 2.12 bits per heavy atom. The van der Waals surface area contributed by atoms with E-state index in [1.54, 1.807) is 4.68 Å². The quantitative estimate of drug-likeness (QED) is 0.807.